The molecule has 8 heteroatoms. The summed E-state index contributed by atoms with van der Waals surface area (Å²) in [4.78, 5) is 15.6. The fraction of sp³-hybridized carbons (Fsp3) is 0.103. The molecular formula is C29H23ClFN5O. The first-order chi connectivity index (χ1) is 18.0. The van der Waals surface area contributed by atoms with E-state index in [2.05, 4.69) is 9.88 Å². The zero-order valence-electron chi connectivity index (χ0n) is 20.0. The fourth-order valence-electron chi connectivity index (χ4n) is 4.87. The second-order valence-electron chi connectivity index (χ2n) is 8.96. The average Bonchev–Trinajstić information content (AvgIpc) is 3.47. The van der Waals surface area contributed by atoms with Gasteiger partial charge < -0.3 is 14.8 Å². The van der Waals surface area contributed by atoms with Gasteiger partial charge in [0.05, 0.1) is 29.7 Å². The maximum Gasteiger partial charge on any atom is 0.322 e. The third-order valence-corrected chi connectivity index (χ3v) is 6.88. The largest absolute Gasteiger partial charge is 0.322 e. The van der Waals surface area contributed by atoms with Gasteiger partial charge in [-0.2, -0.15) is 5.10 Å². The predicted molar refractivity (Wildman–Crippen MR) is 142 cm³/mol. The van der Waals surface area contributed by atoms with Crippen LogP contribution in [0.3, 0.4) is 0 Å². The molecule has 1 atom stereocenters. The van der Waals surface area contributed by atoms with E-state index in [1.807, 2.05) is 60.3 Å². The van der Waals surface area contributed by atoms with Crippen LogP contribution >= 0.6 is 11.6 Å². The molecule has 0 unspecified atom stereocenters. The number of nitrogens with zero attached hydrogens (tertiary/aromatic N) is 4. The number of anilines is 1. The van der Waals surface area contributed by atoms with E-state index in [1.165, 1.54) is 12.1 Å². The molecule has 6 nitrogen and oxygen atoms in total. The van der Waals surface area contributed by atoms with Gasteiger partial charge in [-0.25, -0.2) is 13.9 Å². The third kappa shape index (κ3) is 4.17. The third-order valence-electron chi connectivity index (χ3n) is 6.63. The molecule has 0 aliphatic carbocycles. The van der Waals surface area contributed by atoms with Crippen molar-refractivity contribution in [2.45, 2.75) is 19.5 Å². The van der Waals surface area contributed by atoms with E-state index in [0.717, 1.165) is 34.0 Å². The highest BCUT2D eigenvalue weighted by Crippen LogP contribution is 2.38. The summed E-state index contributed by atoms with van der Waals surface area (Å²) in [7, 11) is 0. The summed E-state index contributed by atoms with van der Waals surface area (Å²) < 4.78 is 17.9. The van der Waals surface area contributed by atoms with Crippen LogP contribution < -0.4 is 5.32 Å². The summed E-state index contributed by atoms with van der Waals surface area (Å²) in [6, 6.07) is 26.4. The molecule has 1 aliphatic rings. The Morgan fingerprint density at radius 2 is 1.70 bits per heavy atom. The summed E-state index contributed by atoms with van der Waals surface area (Å²) in [6.45, 7) is 2.26. The van der Waals surface area contributed by atoms with Crippen molar-refractivity contribution in [3.05, 3.63) is 131 Å². The molecule has 1 aliphatic heterocycles. The van der Waals surface area contributed by atoms with E-state index in [1.54, 1.807) is 41.3 Å². The van der Waals surface area contributed by atoms with E-state index in [0.29, 0.717) is 17.3 Å². The number of nitrogens with one attached hydrogen (secondary N) is 1. The number of carbonyl (C=O) groups is 1. The Hall–Kier alpha value is -4.36. The van der Waals surface area contributed by atoms with Crippen LogP contribution in [0.1, 0.15) is 28.6 Å². The van der Waals surface area contributed by atoms with E-state index in [-0.39, 0.29) is 11.8 Å². The lowest BCUT2D eigenvalue weighted by Gasteiger charge is -2.31. The van der Waals surface area contributed by atoms with Crippen molar-refractivity contribution in [3.63, 3.8) is 0 Å². The Kier molecular flexibility index (Phi) is 5.77. The highest BCUT2D eigenvalue weighted by atomic mass is 35.5. The first-order valence-electron chi connectivity index (χ1n) is 11.9. The normalized spacial score (nSPS) is 14.6. The first kappa shape index (κ1) is 23.1. The second kappa shape index (κ2) is 9.26. The molecular weight excluding hydrogens is 489 g/mol. The van der Waals surface area contributed by atoms with Gasteiger partial charge in [0.2, 0.25) is 0 Å². The zero-order valence-corrected chi connectivity index (χ0v) is 20.7. The Morgan fingerprint density at radius 1 is 0.973 bits per heavy atom. The molecule has 37 heavy (non-hydrogen) atoms. The van der Waals surface area contributed by atoms with Crippen LogP contribution in [0.5, 0.6) is 0 Å². The van der Waals surface area contributed by atoms with Gasteiger partial charge in [0, 0.05) is 22.5 Å². The molecule has 184 valence electrons. The number of hydrogen-bond donors (Lipinski definition) is 1. The number of carbonyl (C=O) groups excluding carboxylic acids is 1. The van der Waals surface area contributed by atoms with E-state index in [4.69, 9.17) is 16.7 Å². The number of aryl methyl sites for hydroxylation is 1. The molecule has 1 N–H and O–H groups in total. The molecule has 0 radical (unpaired) electrons. The smallest absolute Gasteiger partial charge is 0.308 e. The minimum atomic E-state index is -0.473. The highest BCUT2D eigenvalue weighted by molar-refractivity contribution is 6.30. The van der Waals surface area contributed by atoms with Crippen LogP contribution in [-0.4, -0.2) is 25.3 Å². The van der Waals surface area contributed by atoms with Crippen LogP contribution in [0.2, 0.25) is 5.02 Å². The van der Waals surface area contributed by atoms with E-state index >= 15 is 0 Å². The number of aromatic nitrogens is 3. The topological polar surface area (TPSA) is 55.1 Å². The molecule has 0 bridgehead atoms. The number of halogens is 2. The summed E-state index contributed by atoms with van der Waals surface area (Å²) in [5, 5.41) is 8.45. The molecule has 2 aromatic heterocycles. The van der Waals surface area contributed by atoms with Crippen LogP contribution in [0.4, 0.5) is 14.9 Å². The SMILES string of the molecule is Cc1nn(-c2ccccc2)c2c1CN(C(=O)Nc1ccc(Cl)cc1)[C@@H](c1ccc(F)cc1)c1cccn1-2. The van der Waals surface area contributed by atoms with Crippen molar-refractivity contribution < 1.29 is 9.18 Å². The van der Waals surface area contributed by atoms with Crippen LogP contribution in [0, 0.1) is 12.7 Å². The minimum absolute atomic E-state index is 0.288. The lowest BCUT2D eigenvalue weighted by molar-refractivity contribution is 0.194. The van der Waals surface area contributed by atoms with Crippen molar-refractivity contribution in [2.75, 3.05) is 5.32 Å². The minimum Gasteiger partial charge on any atom is -0.308 e. The number of rotatable bonds is 3. The quantitative estimate of drug-likeness (QED) is 0.286. The van der Waals surface area contributed by atoms with Crippen molar-refractivity contribution in [3.8, 4) is 11.5 Å². The van der Waals surface area contributed by atoms with Crippen LogP contribution in [0.15, 0.2) is 97.2 Å². The summed E-state index contributed by atoms with van der Waals surface area (Å²) in [5.41, 5.74) is 4.97. The Labute approximate surface area is 218 Å². The molecule has 3 aromatic carbocycles. The number of para-hydroxylation sites is 1. The number of fused-ring (bicyclic) bond motifs is 3. The first-order valence-corrected chi connectivity index (χ1v) is 12.3. The average molecular weight is 512 g/mol. The van der Waals surface area contributed by atoms with Crippen molar-refractivity contribution in [2.24, 2.45) is 0 Å². The summed E-state index contributed by atoms with van der Waals surface area (Å²) >= 11 is 6.04. The Balaban J connectivity index is 1.53. The lowest BCUT2D eigenvalue weighted by atomic mass is 10.0. The molecule has 0 saturated carbocycles. The number of hydrogen-bond acceptors (Lipinski definition) is 2. The maximum absolute atomic E-state index is 13.9. The molecule has 0 fully saturated rings. The zero-order chi connectivity index (χ0) is 25.5. The number of benzene rings is 3. The summed E-state index contributed by atoms with van der Waals surface area (Å²) in [5.74, 6) is 0.543. The maximum atomic E-state index is 13.9. The lowest BCUT2D eigenvalue weighted by Crippen LogP contribution is -2.38. The van der Waals surface area contributed by atoms with Gasteiger partial charge in [-0.1, -0.05) is 41.9 Å². The molecule has 5 aromatic rings. The predicted octanol–water partition coefficient (Wildman–Crippen LogP) is 6.90. The van der Waals surface area contributed by atoms with Gasteiger partial charge in [-0.15, -0.1) is 0 Å². The van der Waals surface area contributed by atoms with Gasteiger partial charge >= 0.3 is 6.03 Å². The van der Waals surface area contributed by atoms with Gasteiger partial charge in [0.1, 0.15) is 11.6 Å². The molecule has 6 rings (SSSR count). The standard InChI is InChI=1S/C29H23ClFN5O/c1-19-25-18-35(29(37)32-23-15-11-21(30)12-16-23)27(20-9-13-22(31)14-10-20)26-8-5-17-34(26)28(25)36(33-19)24-6-3-2-4-7-24/h2-17,27H,18H2,1H3,(H,32,37)/t27-/m0/s1. The Bertz CT molecular complexity index is 1580. The molecule has 2 amide bonds. The number of amides is 2. The summed E-state index contributed by atoms with van der Waals surface area (Å²) in [6.07, 6.45) is 1.98. The van der Waals surface area contributed by atoms with Crippen LogP contribution in [-0.2, 0) is 6.54 Å². The van der Waals surface area contributed by atoms with E-state index < -0.39 is 6.04 Å². The van der Waals surface area contributed by atoms with Crippen LogP contribution in [0.25, 0.3) is 11.5 Å². The molecule has 3 heterocycles. The number of urea groups is 1. The molecule has 0 spiro atoms. The van der Waals surface area contributed by atoms with Gasteiger partial charge in [0.25, 0.3) is 0 Å². The van der Waals surface area contributed by atoms with Crippen molar-refractivity contribution in [1.82, 2.24) is 19.2 Å². The van der Waals surface area contributed by atoms with Crippen molar-refractivity contribution in [1.29, 1.82) is 0 Å². The molecule has 0 saturated heterocycles. The fourth-order valence-corrected chi connectivity index (χ4v) is 5.00. The highest BCUT2D eigenvalue weighted by Gasteiger charge is 2.36. The Morgan fingerprint density at radius 3 is 2.43 bits per heavy atom. The van der Waals surface area contributed by atoms with E-state index in [9.17, 15) is 9.18 Å². The van der Waals surface area contributed by atoms with Gasteiger partial charge in [-0.3, -0.25) is 0 Å². The van der Waals surface area contributed by atoms with Gasteiger partial charge in [0.15, 0.2) is 0 Å². The van der Waals surface area contributed by atoms with Gasteiger partial charge in [-0.05, 0) is 73.2 Å². The van der Waals surface area contributed by atoms with Crippen molar-refractivity contribution >= 4 is 23.3 Å². The second-order valence-corrected chi connectivity index (χ2v) is 9.39. The monoisotopic (exact) mass is 511 g/mol.